The van der Waals surface area contributed by atoms with E-state index in [1.54, 1.807) is 0 Å². The molecular formula is C19H21NO. The fourth-order valence-corrected chi connectivity index (χ4v) is 2.96. The van der Waals surface area contributed by atoms with Crippen molar-refractivity contribution in [2.75, 3.05) is 6.54 Å². The van der Waals surface area contributed by atoms with Crippen molar-refractivity contribution in [3.8, 4) is 0 Å². The first-order valence-corrected chi connectivity index (χ1v) is 7.69. The van der Waals surface area contributed by atoms with Crippen LogP contribution in [0.1, 0.15) is 46.3 Å². The van der Waals surface area contributed by atoms with Gasteiger partial charge in [0.1, 0.15) is 0 Å². The number of carbonyl (C=O) groups excluding carboxylic acids is 1. The van der Waals surface area contributed by atoms with Gasteiger partial charge in [-0.1, -0.05) is 43.3 Å². The van der Waals surface area contributed by atoms with E-state index >= 15 is 0 Å². The van der Waals surface area contributed by atoms with E-state index in [2.05, 4.69) is 36.5 Å². The molecule has 2 aromatic carbocycles. The van der Waals surface area contributed by atoms with E-state index < -0.39 is 0 Å². The Labute approximate surface area is 126 Å². The van der Waals surface area contributed by atoms with Crippen LogP contribution in [0.15, 0.2) is 48.5 Å². The minimum Gasteiger partial charge on any atom is -0.351 e. The molecular weight excluding hydrogens is 258 g/mol. The zero-order valence-electron chi connectivity index (χ0n) is 12.4. The molecule has 2 heteroatoms. The summed E-state index contributed by atoms with van der Waals surface area (Å²) in [6.45, 7) is 2.80. The van der Waals surface area contributed by atoms with Crippen molar-refractivity contribution >= 4 is 5.91 Å². The number of amides is 1. The number of aryl methyl sites for hydroxylation is 2. The zero-order chi connectivity index (χ0) is 14.7. The van der Waals surface area contributed by atoms with Crippen LogP contribution in [0.3, 0.4) is 0 Å². The van der Waals surface area contributed by atoms with Crippen molar-refractivity contribution in [3.63, 3.8) is 0 Å². The van der Waals surface area contributed by atoms with E-state index in [0.29, 0.717) is 12.5 Å². The van der Waals surface area contributed by atoms with Gasteiger partial charge in [-0.2, -0.15) is 0 Å². The summed E-state index contributed by atoms with van der Waals surface area (Å²) in [7, 11) is 0. The number of fused-ring (bicyclic) bond motifs is 1. The summed E-state index contributed by atoms with van der Waals surface area (Å²) in [5.74, 6) is 0.358. The van der Waals surface area contributed by atoms with Crippen LogP contribution in [0.25, 0.3) is 0 Å². The van der Waals surface area contributed by atoms with Gasteiger partial charge in [-0.25, -0.2) is 0 Å². The van der Waals surface area contributed by atoms with Gasteiger partial charge in [0, 0.05) is 12.1 Å². The summed E-state index contributed by atoms with van der Waals surface area (Å²) >= 11 is 0. The standard InChI is InChI=1S/C19H21NO/c1-14(15-6-3-2-4-7-15)13-20-19(21)18-11-10-16-8-5-9-17(16)12-18/h2-4,6-7,10-12,14H,5,8-9,13H2,1H3,(H,20,21)/t14-/m0/s1. The van der Waals surface area contributed by atoms with Crippen LogP contribution in [0.4, 0.5) is 0 Å². The minimum atomic E-state index is 0.0347. The van der Waals surface area contributed by atoms with Crippen LogP contribution in [-0.2, 0) is 12.8 Å². The van der Waals surface area contributed by atoms with Gasteiger partial charge in [-0.3, -0.25) is 4.79 Å². The molecule has 0 saturated heterocycles. The Bertz CT molecular complexity index is 633. The van der Waals surface area contributed by atoms with E-state index in [1.165, 1.54) is 23.1 Å². The summed E-state index contributed by atoms with van der Waals surface area (Å²) in [6.07, 6.45) is 3.48. The first kappa shape index (κ1) is 13.9. The molecule has 0 bridgehead atoms. The molecule has 0 spiro atoms. The fraction of sp³-hybridized carbons (Fsp3) is 0.316. The Morgan fingerprint density at radius 3 is 2.67 bits per heavy atom. The average Bonchev–Trinajstić information content (AvgIpc) is 3.00. The third-order valence-electron chi connectivity index (χ3n) is 4.30. The van der Waals surface area contributed by atoms with Crippen LogP contribution < -0.4 is 5.32 Å². The van der Waals surface area contributed by atoms with Gasteiger partial charge in [0.2, 0.25) is 0 Å². The lowest BCUT2D eigenvalue weighted by Crippen LogP contribution is -2.27. The predicted molar refractivity (Wildman–Crippen MR) is 85.7 cm³/mol. The Morgan fingerprint density at radius 2 is 1.86 bits per heavy atom. The number of nitrogens with one attached hydrogen (secondary N) is 1. The molecule has 0 unspecified atom stereocenters. The topological polar surface area (TPSA) is 29.1 Å². The number of carbonyl (C=O) groups is 1. The molecule has 0 radical (unpaired) electrons. The van der Waals surface area contributed by atoms with Gasteiger partial charge in [0.05, 0.1) is 0 Å². The summed E-state index contributed by atoms with van der Waals surface area (Å²) in [5.41, 5.74) is 4.80. The lowest BCUT2D eigenvalue weighted by Gasteiger charge is -2.13. The minimum absolute atomic E-state index is 0.0347. The molecule has 2 nitrogen and oxygen atoms in total. The van der Waals surface area contributed by atoms with Gasteiger partial charge in [-0.15, -0.1) is 0 Å². The third kappa shape index (κ3) is 3.15. The molecule has 0 fully saturated rings. The van der Waals surface area contributed by atoms with Crippen molar-refractivity contribution in [2.24, 2.45) is 0 Å². The van der Waals surface area contributed by atoms with Crippen molar-refractivity contribution < 1.29 is 4.79 Å². The van der Waals surface area contributed by atoms with Gasteiger partial charge < -0.3 is 5.32 Å². The molecule has 0 saturated carbocycles. The largest absolute Gasteiger partial charge is 0.351 e. The number of benzene rings is 2. The van der Waals surface area contributed by atoms with Crippen LogP contribution in [0.2, 0.25) is 0 Å². The molecule has 3 rings (SSSR count). The van der Waals surface area contributed by atoms with Crippen molar-refractivity contribution in [1.82, 2.24) is 5.32 Å². The SMILES string of the molecule is C[C@@H](CNC(=O)c1ccc2c(c1)CCC2)c1ccccc1. The average molecular weight is 279 g/mol. The fourth-order valence-electron chi connectivity index (χ4n) is 2.96. The van der Waals surface area contributed by atoms with E-state index in [0.717, 1.165) is 18.4 Å². The second kappa shape index (κ2) is 6.13. The van der Waals surface area contributed by atoms with E-state index in [-0.39, 0.29) is 5.91 Å². The molecule has 1 atom stereocenters. The molecule has 1 N–H and O–H groups in total. The highest BCUT2D eigenvalue weighted by atomic mass is 16.1. The number of rotatable bonds is 4. The Morgan fingerprint density at radius 1 is 1.10 bits per heavy atom. The highest BCUT2D eigenvalue weighted by Gasteiger charge is 2.14. The number of hydrogen-bond acceptors (Lipinski definition) is 1. The first-order valence-electron chi connectivity index (χ1n) is 7.69. The molecule has 1 aliphatic carbocycles. The zero-order valence-corrected chi connectivity index (χ0v) is 12.4. The van der Waals surface area contributed by atoms with E-state index in [4.69, 9.17) is 0 Å². The van der Waals surface area contributed by atoms with Crippen molar-refractivity contribution in [1.29, 1.82) is 0 Å². The number of hydrogen-bond donors (Lipinski definition) is 1. The maximum atomic E-state index is 12.3. The maximum Gasteiger partial charge on any atom is 0.251 e. The summed E-state index contributed by atoms with van der Waals surface area (Å²) < 4.78 is 0. The molecule has 0 aromatic heterocycles. The van der Waals surface area contributed by atoms with E-state index in [1.807, 2.05) is 24.3 Å². The van der Waals surface area contributed by atoms with Crippen molar-refractivity contribution in [2.45, 2.75) is 32.1 Å². The summed E-state index contributed by atoms with van der Waals surface area (Å²) in [4.78, 5) is 12.3. The van der Waals surface area contributed by atoms with Crippen molar-refractivity contribution in [3.05, 3.63) is 70.8 Å². The molecule has 1 amide bonds. The van der Waals surface area contributed by atoms with Gasteiger partial charge >= 0.3 is 0 Å². The second-order valence-corrected chi connectivity index (χ2v) is 5.86. The van der Waals surface area contributed by atoms with Crippen LogP contribution >= 0.6 is 0 Å². The Hall–Kier alpha value is -2.09. The normalized spacial score (nSPS) is 14.5. The third-order valence-corrected chi connectivity index (χ3v) is 4.30. The van der Waals surface area contributed by atoms with Gasteiger partial charge in [0.15, 0.2) is 0 Å². The smallest absolute Gasteiger partial charge is 0.251 e. The highest BCUT2D eigenvalue weighted by molar-refractivity contribution is 5.94. The predicted octanol–water partition coefficient (Wildman–Crippen LogP) is 3.71. The molecule has 0 aliphatic heterocycles. The van der Waals surface area contributed by atoms with E-state index in [9.17, 15) is 4.79 Å². The lowest BCUT2D eigenvalue weighted by atomic mass is 10.0. The molecule has 108 valence electrons. The van der Waals surface area contributed by atoms with Gasteiger partial charge in [0.25, 0.3) is 5.91 Å². The Balaban J connectivity index is 1.62. The van der Waals surface area contributed by atoms with Gasteiger partial charge in [-0.05, 0) is 54.0 Å². The van der Waals surface area contributed by atoms with Crippen LogP contribution in [0, 0.1) is 0 Å². The molecule has 21 heavy (non-hydrogen) atoms. The molecule has 2 aromatic rings. The second-order valence-electron chi connectivity index (χ2n) is 5.86. The highest BCUT2D eigenvalue weighted by Crippen LogP contribution is 2.23. The van der Waals surface area contributed by atoms with Crippen LogP contribution in [-0.4, -0.2) is 12.5 Å². The molecule has 0 heterocycles. The lowest BCUT2D eigenvalue weighted by molar-refractivity contribution is 0.0951. The molecule has 1 aliphatic rings. The Kier molecular flexibility index (Phi) is 4.05. The van der Waals surface area contributed by atoms with Crippen LogP contribution in [0.5, 0.6) is 0 Å². The first-order chi connectivity index (χ1) is 10.2. The summed E-state index contributed by atoms with van der Waals surface area (Å²) in [6, 6.07) is 16.4. The monoisotopic (exact) mass is 279 g/mol. The summed E-state index contributed by atoms with van der Waals surface area (Å²) in [5, 5.41) is 3.05. The maximum absolute atomic E-state index is 12.3. The quantitative estimate of drug-likeness (QED) is 0.908.